The lowest BCUT2D eigenvalue weighted by Crippen LogP contribution is -2.48. The summed E-state index contributed by atoms with van der Waals surface area (Å²) in [6, 6.07) is 6.44. The molecule has 1 aliphatic rings. The maximum atomic E-state index is 11.8. The van der Waals surface area contributed by atoms with E-state index in [2.05, 4.69) is 30.0 Å². The molecule has 5 nitrogen and oxygen atoms in total. The minimum absolute atomic E-state index is 0.0250. The van der Waals surface area contributed by atoms with Gasteiger partial charge in [-0.2, -0.15) is 0 Å². The number of aryl methyl sites for hydroxylation is 1. The van der Waals surface area contributed by atoms with Crippen molar-refractivity contribution < 1.29 is 8.42 Å². The van der Waals surface area contributed by atoms with Crippen LogP contribution in [0.2, 0.25) is 0 Å². The number of hydrogen-bond donors (Lipinski definition) is 0. The highest BCUT2D eigenvalue weighted by atomic mass is 32.2. The fourth-order valence-corrected chi connectivity index (χ4v) is 4.79. The Morgan fingerprint density at radius 1 is 1.43 bits per heavy atom. The van der Waals surface area contributed by atoms with Crippen molar-refractivity contribution in [3.63, 3.8) is 0 Å². The minimum atomic E-state index is -3.15. The molecular weight excluding hydrogens is 330 g/mol. The number of likely N-dealkylation sites (N-methyl/N-ethyl adjacent to an activating group) is 1. The van der Waals surface area contributed by atoms with E-state index in [-0.39, 0.29) is 6.04 Å². The molecule has 0 radical (unpaired) electrons. The molecule has 1 saturated heterocycles. The standard InChI is InChI=1S/C16H23N3O2S2/c1-4-12-7-8-14-15(10-12)22-16(17-14)19-9-5-6-13(11-19)18(2)23(3,20)21/h7-8,10,13H,4-6,9,11H2,1-3H3. The molecule has 2 heterocycles. The first kappa shape index (κ1) is 16.7. The molecule has 1 aromatic heterocycles. The molecule has 0 N–H and O–H groups in total. The number of hydrogen-bond acceptors (Lipinski definition) is 5. The van der Waals surface area contributed by atoms with Gasteiger partial charge >= 0.3 is 0 Å². The smallest absolute Gasteiger partial charge is 0.211 e. The first-order valence-corrected chi connectivity index (χ1v) is 10.6. The molecule has 1 fully saturated rings. The van der Waals surface area contributed by atoms with Crippen LogP contribution in [0, 0.1) is 0 Å². The van der Waals surface area contributed by atoms with Crippen molar-refractivity contribution in [2.45, 2.75) is 32.2 Å². The highest BCUT2D eigenvalue weighted by Crippen LogP contribution is 2.32. The van der Waals surface area contributed by atoms with Gasteiger partial charge in [0.15, 0.2) is 5.13 Å². The van der Waals surface area contributed by atoms with Crippen LogP contribution < -0.4 is 4.90 Å². The number of anilines is 1. The number of nitrogens with zero attached hydrogens (tertiary/aromatic N) is 3. The maximum absolute atomic E-state index is 11.8. The van der Waals surface area contributed by atoms with E-state index in [0.29, 0.717) is 6.54 Å². The molecule has 2 aromatic rings. The van der Waals surface area contributed by atoms with E-state index in [1.165, 1.54) is 20.8 Å². The molecule has 0 amide bonds. The van der Waals surface area contributed by atoms with E-state index in [1.54, 1.807) is 18.4 Å². The quantitative estimate of drug-likeness (QED) is 0.848. The highest BCUT2D eigenvalue weighted by molar-refractivity contribution is 7.88. The Balaban J connectivity index is 1.83. The van der Waals surface area contributed by atoms with Gasteiger partial charge in [0.25, 0.3) is 0 Å². The van der Waals surface area contributed by atoms with Crippen molar-refractivity contribution in [2.75, 3.05) is 31.3 Å². The average molecular weight is 354 g/mol. The zero-order chi connectivity index (χ0) is 16.6. The van der Waals surface area contributed by atoms with Crippen molar-refractivity contribution in [2.24, 2.45) is 0 Å². The first-order chi connectivity index (χ1) is 10.9. The van der Waals surface area contributed by atoms with E-state index < -0.39 is 10.0 Å². The van der Waals surface area contributed by atoms with Gasteiger partial charge in [-0.15, -0.1) is 0 Å². The summed E-state index contributed by atoms with van der Waals surface area (Å²) in [7, 11) is -1.48. The summed E-state index contributed by atoms with van der Waals surface area (Å²) in [6.07, 6.45) is 4.19. The molecule has 0 spiro atoms. The number of aromatic nitrogens is 1. The van der Waals surface area contributed by atoms with Crippen molar-refractivity contribution in [1.82, 2.24) is 9.29 Å². The summed E-state index contributed by atoms with van der Waals surface area (Å²) >= 11 is 1.70. The lowest BCUT2D eigenvalue weighted by Gasteiger charge is -2.36. The number of rotatable bonds is 4. The molecule has 23 heavy (non-hydrogen) atoms. The van der Waals surface area contributed by atoms with E-state index in [4.69, 9.17) is 4.98 Å². The third-order valence-electron chi connectivity index (χ3n) is 4.55. The van der Waals surface area contributed by atoms with Crippen LogP contribution >= 0.6 is 11.3 Å². The summed E-state index contributed by atoms with van der Waals surface area (Å²) in [4.78, 5) is 6.97. The van der Waals surface area contributed by atoms with Crippen LogP contribution in [0.15, 0.2) is 18.2 Å². The molecule has 126 valence electrons. The van der Waals surface area contributed by atoms with Gasteiger partial charge in [-0.3, -0.25) is 0 Å². The summed E-state index contributed by atoms with van der Waals surface area (Å²) < 4.78 is 26.3. The molecule has 1 aliphatic heterocycles. The fourth-order valence-electron chi connectivity index (χ4n) is 3.01. The van der Waals surface area contributed by atoms with Crippen LogP contribution in [0.4, 0.5) is 5.13 Å². The molecule has 3 rings (SSSR count). The molecule has 1 aromatic carbocycles. The normalized spacial score (nSPS) is 19.7. The van der Waals surface area contributed by atoms with Crippen molar-refractivity contribution in [3.05, 3.63) is 23.8 Å². The predicted molar refractivity (Wildman–Crippen MR) is 96.8 cm³/mol. The van der Waals surface area contributed by atoms with Gasteiger partial charge in [0.1, 0.15) is 0 Å². The van der Waals surface area contributed by atoms with Gasteiger partial charge in [0.05, 0.1) is 16.5 Å². The number of benzene rings is 1. The van der Waals surface area contributed by atoms with Crippen LogP contribution in [0.3, 0.4) is 0 Å². The van der Waals surface area contributed by atoms with E-state index in [9.17, 15) is 8.42 Å². The second kappa shape index (κ2) is 6.37. The van der Waals surface area contributed by atoms with Crippen LogP contribution in [-0.2, 0) is 16.4 Å². The summed E-state index contributed by atoms with van der Waals surface area (Å²) in [6.45, 7) is 3.80. The number of fused-ring (bicyclic) bond motifs is 1. The van der Waals surface area contributed by atoms with E-state index in [0.717, 1.165) is 36.5 Å². The monoisotopic (exact) mass is 353 g/mol. The van der Waals surface area contributed by atoms with Gasteiger partial charge in [-0.1, -0.05) is 24.3 Å². The van der Waals surface area contributed by atoms with Crippen LogP contribution in [-0.4, -0.2) is 50.1 Å². The Morgan fingerprint density at radius 2 is 2.22 bits per heavy atom. The third-order valence-corrected chi connectivity index (χ3v) is 6.98. The van der Waals surface area contributed by atoms with Crippen molar-refractivity contribution in [1.29, 1.82) is 0 Å². The Bertz CT molecular complexity index is 801. The lowest BCUT2D eigenvalue weighted by atomic mass is 10.1. The molecule has 1 atom stereocenters. The largest absolute Gasteiger partial charge is 0.346 e. The maximum Gasteiger partial charge on any atom is 0.211 e. The van der Waals surface area contributed by atoms with Crippen LogP contribution in [0.25, 0.3) is 10.2 Å². The van der Waals surface area contributed by atoms with Crippen molar-refractivity contribution in [3.8, 4) is 0 Å². The topological polar surface area (TPSA) is 53.5 Å². The fraction of sp³-hybridized carbons (Fsp3) is 0.562. The molecule has 0 saturated carbocycles. The highest BCUT2D eigenvalue weighted by Gasteiger charge is 2.29. The molecule has 0 bridgehead atoms. The van der Waals surface area contributed by atoms with Gasteiger partial charge in [-0.05, 0) is 37.0 Å². The first-order valence-electron chi connectivity index (χ1n) is 7.96. The number of piperidine rings is 1. The van der Waals surface area contributed by atoms with Gasteiger partial charge in [0, 0.05) is 26.2 Å². The Hall–Kier alpha value is -1.18. The predicted octanol–water partition coefficient (Wildman–Crippen LogP) is 2.72. The molecule has 1 unspecified atom stereocenters. The summed E-state index contributed by atoms with van der Waals surface area (Å²) in [5.41, 5.74) is 2.35. The molecule has 7 heteroatoms. The van der Waals surface area contributed by atoms with Gasteiger partial charge < -0.3 is 4.90 Å². The minimum Gasteiger partial charge on any atom is -0.346 e. The third kappa shape index (κ3) is 3.51. The van der Waals surface area contributed by atoms with Gasteiger partial charge in [-0.25, -0.2) is 17.7 Å². The lowest BCUT2D eigenvalue weighted by molar-refractivity contribution is 0.322. The van der Waals surface area contributed by atoms with Gasteiger partial charge in [0.2, 0.25) is 10.0 Å². The zero-order valence-electron chi connectivity index (χ0n) is 13.8. The summed E-state index contributed by atoms with van der Waals surface area (Å²) in [5, 5.41) is 1.000. The van der Waals surface area contributed by atoms with Crippen LogP contribution in [0.1, 0.15) is 25.3 Å². The van der Waals surface area contributed by atoms with Crippen molar-refractivity contribution >= 4 is 36.7 Å². The Kier molecular flexibility index (Phi) is 4.62. The van der Waals surface area contributed by atoms with E-state index >= 15 is 0 Å². The Labute approximate surface area is 142 Å². The van der Waals surface area contributed by atoms with Crippen LogP contribution in [0.5, 0.6) is 0 Å². The Morgan fingerprint density at radius 3 is 2.91 bits per heavy atom. The SMILES string of the molecule is CCc1ccc2nc(N3CCCC(N(C)S(C)(=O)=O)C3)sc2c1. The second-order valence-corrected chi connectivity index (χ2v) is 9.22. The second-order valence-electron chi connectivity index (χ2n) is 6.17. The number of thiazole rings is 1. The van der Waals surface area contributed by atoms with E-state index in [1.807, 2.05) is 0 Å². The number of sulfonamides is 1. The average Bonchev–Trinajstić information content (AvgIpc) is 2.96. The summed E-state index contributed by atoms with van der Waals surface area (Å²) in [5.74, 6) is 0. The zero-order valence-corrected chi connectivity index (χ0v) is 15.5. The molecular formula is C16H23N3O2S2. The molecule has 0 aliphatic carbocycles.